The highest BCUT2D eigenvalue weighted by atomic mass is 19.1. The van der Waals surface area contributed by atoms with Crippen molar-refractivity contribution in [2.75, 3.05) is 25.0 Å². The van der Waals surface area contributed by atoms with Crippen molar-refractivity contribution in [3.8, 4) is 0 Å². The number of carbonyl (C=O) groups excluding carboxylic acids is 4. The molecule has 2 aromatic carbocycles. The van der Waals surface area contributed by atoms with Gasteiger partial charge in [0, 0.05) is 25.2 Å². The molecule has 2 fully saturated rings. The number of halogens is 1. The van der Waals surface area contributed by atoms with Crippen molar-refractivity contribution in [3.05, 3.63) is 65.0 Å². The summed E-state index contributed by atoms with van der Waals surface area (Å²) in [5.74, 6) is -1.80. The molecular weight excluding hydrogens is 439 g/mol. The number of amides is 4. The highest BCUT2D eigenvalue weighted by Gasteiger charge is 2.44. The molecular formula is C25H25FN4O4. The molecule has 3 aliphatic rings. The fraction of sp³-hybridized carbons (Fsp3) is 0.360. The van der Waals surface area contributed by atoms with Gasteiger partial charge in [-0.3, -0.25) is 29.4 Å². The molecule has 3 atom stereocenters. The van der Waals surface area contributed by atoms with Crippen LogP contribution in [0.1, 0.15) is 51.5 Å². The summed E-state index contributed by atoms with van der Waals surface area (Å²) in [5, 5.41) is 8.98. The van der Waals surface area contributed by atoms with Gasteiger partial charge in [-0.2, -0.15) is 0 Å². The SMILES string of the molecule is O=C1CCC(N2C(=O)c3ccc(NC[C@H]4CNCC[C@H]4c4ccc(F)cc4)cc3C2=O)C(=O)N1. The van der Waals surface area contributed by atoms with E-state index in [1.807, 2.05) is 12.1 Å². The zero-order chi connectivity index (χ0) is 23.8. The van der Waals surface area contributed by atoms with Crippen LogP contribution in [0.4, 0.5) is 10.1 Å². The summed E-state index contributed by atoms with van der Waals surface area (Å²) in [4.78, 5) is 50.5. The van der Waals surface area contributed by atoms with E-state index in [9.17, 15) is 23.6 Å². The van der Waals surface area contributed by atoms with Crippen molar-refractivity contribution >= 4 is 29.3 Å². The van der Waals surface area contributed by atoms with Crippen molar-refractivity contribution in [1.29, 1.82) is 0 Å². The first-order chi connectivity index (χ1) is 16.4. The Morgan fingerprint density at radius 1 is 0.971 bits per heavy atom. The third-order valence-corrected chi connectivity index (χ3v) is 6.91. The van der Waals surface area contributed by atoms with E-state index in [1.165, 1.54) is 12.1 Å². The lowest BCUT2D eigenvalue weighted by atomic mass is 9.81. The molecule has 0 aliphatic carbocycles. The lowest BCUT2D eigenvalue weighted by molar-refractivity contribution is -0.136. The van der Waals surface area contributed by atoms with Crippen LogP contribution in [0, 0.1) is 11.7 Å². The Morgan fingerprint density at radius 3 is 2.50 bits per heavy atom. The first kappa shape index (κ1) is 22.2. The molecule has 8 nitrogen and oxygen atoms in total. The largest absolute Gasteiger partial charge is 0.385 e. The molecule has 34 heavy (non-hydrogen) atoms. The summed E-state index contributed by atoms with van der Waals surface area (Å²) >= 11 is 0. The van der Waals surface area contributed by atoms with E-state index in [0.717, 1.165) is 30.0 Å². The number of benzene rings is 2. The molecule has 0 aromatic heterocycles. The first-order valence-corrected chi connectivity index (χ1v) is 11.5. The van der Waals surface area contributed by atoms with Gasteiger partial charge in [-0.15, -0.1) is 0 Å². The van der Waals surface area contributed by atoms with Gasteiger partial charge < -0.3 is 10.6 Å². The van der Waals surface area contributed by atoms with Gasteiger partial charge in [0.05, 0.1) is 11.1 Å². The van der Waals surface area contributed by atoms with E-state index in [-0.39, 0.29) is 41.6 Å². The lowest BCUT2D eigenvalue weighted by Gasteiger charge is -2.33. The number of hydrogen-bond donors (Lipinski definition) is 3. The predicted octanol–water partition coefficient (Wildman–Crippen LogP) is 2.03. The van der Waals surface area contributed by atoms with Crippen LogP contribution in [0.5, 0.6) is 0 Å². The molecule has 2 saturated heterocycles. The van der Waals surface area contributed by atoms with Crippen molar-refractivity contribution in [2.24, 2.45) is 5.92 Å². The molecule has 9 heteroatoms. The molecule has 3 N–H and O–H groups in total. The maximum Gasteiger partial charge on any atom is 0.262 e. The Balaban J connectivity index is 1.30. The molecule has 5 rings (SSSR count). The van der Waals surface area contributed by atoms with Gasteiger partial charge in [0.1, 0.15) is 11.9 Å². The van der Waals surface area contributed by atoms with Crippen LogP contribution in [0.25, 0.3) is 0 Å². The summed E-state index contributed by atoms with van der Waals surface area (Å²) in [7, 11) is 0. The van der Waals surface area contributed by atoms with Gasteiger partial charge in [-0.25, -0.2) is 4.39 Å². The predicted molar refractivity (Wildman–Crippen MR) is 122 cm³/mol. The van der Waals surface area contributed by atoms with Gasteiger partial charge in [-0.05, 0) is 67.1 Å². The van der Waals surface area contributed by atoms with Crippen LogP contribution in [0.3, 0.4) is 0 Å². The summed E-state index contributed by atoms with van der Waals surface area (Å²) in [6.45, 7) is 2.33. The van der Waals surface area contributed by atoms with Gasteiger partial charge in [-0.1, -0.05) is 12.1 Å². The zero-order valence-electron chi connectivity index (χ0n) is 18.5. The number of nitrogens with one attached hydrogen (secondary N) is 3. The molecule has 176 valence electrons. The van der Waals surface area contributed by atoms with Gasteiger partial charge in [0.2, 0.25) is 11.8 Å². The van der Waals surface area contributed by atoms with Crippen molar-refractivity contribution < 1.29 is 23.6 Å². The Hall–Kier alpha value is -3.59. The average molecular weight is 464 g/mol. The molecule has 0 saturated carbocycles. The van der Waals surface area contributed by atoms with Gasteiger partial charge in [0.25, 0.3) is 11.8 Å². The number of imide groups is 2. The molecule has 3 heterocycles. The van der Waals surface area contributed by atoms with Crippen LogP contribution >= 0.6 is 0 Å². The number of hydrogen-bond acceptors (Lipinski definition) is 6. The topological polar surface area (TPSA) is 108 Å². The van der Waals surface area contributed by atoms with Crippen LogP contribution in [-0.2, 0) is 9.59 Å². The number of rotatable bonds is 5. The Bertz CT molecular complexity index is 1170. The first-order valence-electron chi connectivity index (χ1n) is 11.5. The maximum absolute atomic E-state index is 13.4. The number of anilines is 1. The monoisotopic (exact) mass is 464 g/mol. The molecule has 1 unspecified atom stereocenters. The average Bonchev–Trinajstić information content (AvgIpc) is 3.08. The maximum atomic E-state index is 13.4. The molecule has 4 amide bonds. The van der Waals surface area contributed by atoms with Crippen LogP contribution in [0.2, 0.25) is 0 Å². The Kier molecular flexibility index (Phi) is 5.87. The Labute approximate surface area is 195 Å². The second-order valence-corrected chi connectivity index (χ2v) is 9.00. The van der Waals surface area contributed by atoms with Crippen molar-refractivity contribution in [2.45, 2.75) is 31.2 Å². The van der Waals surface area contributed by atoms with E-state index in [0.29, 0.717) is 12.2 Å². The third-order valence-electron chi connectivity index (χ3n) is 6.91. The van der Waals surface area contributed by atoms with Crippen molar-refractivity contribution in [1.82, 2.24) is 15.5 Å². The van der Waals surface area contributed by atoms with E-state index in [2.05, 4.69) is 16.0 Å². The highest BCUT2D eigenvalue weighted by Crippen LogP contribution is 2.32. The molecule has 2 aromatic rings. The summed E-state index contributed by atoms with van der Waals surface area (Å²) in [6.07, 6.45) is 1.15. The number of carbonyl (C=O) groups is 4. The molecule has 0 spiro atoms. The highest BCUT2D eigenvalue weighted by molar-refractivity contribution is 6.23. The summed E-state index contributed by atoms with van der Waals surface area (Å²) in [5.41, 5.74) is 2.30. The van der Waals surface area contributed by atoms with E-state index in [4.69, 9.17) is 0 Å². The minimum Gasteiger partial charge on any atom is -0.385 e. The van der Waals surface area contributed by atoms with Gasteiger partial charge in [0.15, 0.2) is 0 Å². The van der Waals surface area contributed by atoms with E-state index < -0.39 is 29.7 Å². The smallest absolute Gasteiger partial charge is 0.262 e. The van der Waals surface area contributed by atoms with Crippen LogP contribution < -0.4 is 16.0 Å². The summed E-state index contributed by atoms with van der Waals surface area (Å²) < 4.78 is 13.4. The van der Waals surface area contributed by atoms with E-state index in [1.54, 1.807) is 18.2 Å². The van der Waals surface area contributed by atoms with Gasteiger partial charge >= 0.3 is 0 Å². The van der Waals surface area contributed by atoms with Crippen molar-refractivity contribution in [3.63, 3.8) is 0 Å². The standard InChI is InChI=1S/C25H25FN4O4/c26-16-3-1-14(2-4-16)18-9-10-27-12-15(18)13-28-17-5-6-19-20(11-17)25(34)30(24(19)33)21-7-8-22(31)29-23(21)32/h1-6,11,15,18,21,27-28H,7-10,12-13H2,(H,29,31,32)/t15-,18+,21?/m1/s1. The molecule has 0 radical (unpaired) electrons. The zero-order valence-corrected chi connectivity index (χ0v) is 18.5. The number of fused-ring (bicyclic) bond motifs is 1. The summed E-state index contributed by atoms with van der Waals surface area (Å²) in [6, 6.07) is 10.7. The second-order valence-electron chi connectivity index (χ2n) is 9.00. The second kappa shape index (κ2) is 8.98. The third kappa shape index (κ3) is 4.07. The lowest BCUT2D eigenvalue weighted by Crippen LogP contribution is -2.54. The molecule has 0 bridgehead atoms. The number of nitrogens with zero attached hydrogens (tertiary/aromatic N) is 1. The van der Waals surface area contributed by atoms with Crippen LogP contribution in [0.15, 0.2) is 42.5 Å². The van der Waals surface area contributed by atoms with E-state index >= 15 is 0 Å². The minimum atomic E-state index is -0.980. The Morgan fingerprint density at radius 2 is 1.74 bits per heavy atom. The fourth-order valence-corrected chi connectivity index (χ4v) is 5.12. The quantitative estimate of drug-likeness (QED) is 0.585. The molecule has 3 aliphatic heterocycles. The number of piperidine rings is 2. The van der Waals surface area contributed by atoms with Crippen LogP contribution in [-0.4, -0.2) is 54.2 Å². The fourth-order valence-electron chi connectivity index (χ4n) is 5.12. The minimum absolute atomic E-state index is 0.0846. The normalized spacial score (nSPS) is 24.7.